The third-order valence-electron chi connectivity index (χ3n) is 4.46. The summed E-state index contributed by atoms with van der Waals surface area (Å²) in [6.45, 7) is 4.47. The Balaban J connectivity index is 2.03. The van der Waals surface area contributed by atoms with Gasteiger partial charge < -0.3 is 10.2 Å². The van der Waals surface area contributed by atoms with Crippen molar-refractivity contribution in [1.29, 1.82) is 0 Å². The number of para-hydroxylation sites is 1. The van der Waals surface area contributed by atoms with Crippen LogP contribution in [-0.2, 0) is 4.79 Å². The number of carbonyl (C=O) groups excluding carboxylic acids is 2. The molecule has 29 heavy (non-hydrogen) atoms. The normalized spacial score (nSPS) is 10.6. The van der Waals surface area contributed by atoms with Gasteiger partial charge in [0.1, 0.15) is 11.5 Å². The number of hydrogen-bond donors (Lipinski definition) is 1. The highest BCUT2D eigenvalue weighted by molar-refractivity contribution is 6.01. The summed E-state index contributed by atoms with van der Waals surface area (Å²) in [6, 6.07) is 15.2. The van der Waals surface area contributed by atoms with Crippen molar-refractivity contribution in [3.63, 3.8) is 0 Å². The third kappa shape index (κ3) is 4.68. The van der Waals surface area contributed by atoms with Crippen molar-refractivity contribution in [3.05, 3.63) is 72.2 Å². The number of hydrogen-bond acceptors (Lipinski definition) is 3. The molecule has 7 heteroatoms. The molecule has 6 nitrogen and oxygen atoms in total. The van der Waals surface area contributed by atoms with Gasteiger partial charge in [-0.25, -0.2) is 9.07 Å². The molecule has 0 spiro atoms. The number of benzene rings is 2. The molecule has 0 aliphatic carbocycles. The van der Waals surface area contributed by atoms with Crippen LogP contribution in [0.2, 0.25) is 0 Å². The van der Waals surface area contributed by atoms with E-state index in [9.17, 15) is 14.0 Å². The molecule has 3 rings (SSSR count). The largest absolute Gasteiger partial charge is 0.355 e. The molecular formula is C22H23FN4O2. The number of likely N-dealkylation sites (N-methyl/N-ethyl adjacent to an activating group) is 2. The van der Waals surface area contributed by atoms with Gasteiger partial charge in [-0.2, -0.15) is 5.10 Å². The Morgan fingerprint density at radius 1 is 1.07 bits per heavy atom. The number of amides is 2. The van der Waals surface area contributed by atoms with Crippen LogP contribution in [0.1, 0.15) is 24.2 Å². The number of aromatic nitrogens is 2. The molecule has 0 atom stereocenters. The molecule has 150 valence electrons. The Hall–Kier alpha value is -3.48. The molecule has 0 saturated heterocycles. The quantitative estimate of drug-likeness (QED) is 0.669. The fraction of sp³-hybridized carbons (Fsp3) is 0.227. The molecule has 0 bridgehead atoms. The van der Waals surface area contributed by atoms with Crippen LogP contribution in [-0.4, -0.2) is 46.1 Å². The highest BCUT2D eigenvalue weighted by Crippen LogP contribution is 2.25. The fourth-order valence-electron chi connectivity index (χ4n) is 2.99. The predicted octanol–water partition coefficient (Wildman–Crippen LogP) is 3.28. The first kappa shape index (κ1) is 20.3. The number of nitrogens with zero attached hydrogens (tertiary/aromatic N) is 3. The van der Waals surface area contributed by atoms with E-state index in [0.29, 0.717) is 29.9 Å². The number of halogens is 1. The maximum atomic E-state index is 13.4. The summed E-state index contributed by atoms with van der Waals surface area (Å²) in [6.07, 6.45) is 1.65. The van der Waals surface area contributed by atoms with Gasteiger partial charge in [0.25, 0.3) is 5.91 Å². The molecule has 0 unspecified atom stereocenters. The van der Waals surface area contributed by atoms with Crippen molar-refractivity contribution in [1.82, 2.24) is 20.0 Å². The second-order valence-corrected chi connectivity index (χ2v) is 6.45. The lowest BCUT2D eigenvalue weighted by Crippen LogP contribution is -2.40. The lowest BCUT2D eigenvalue weighted by Gasteiger charge is -2.20. The Morgan fingerprint density at radius 3 is 2.38 bits per heavy atom. The minimum atomic E-state index is -0.365. The van der Waals surface area contributed by atoms with Crippen molar-refractivity contribution in [2.24, 2.45) is 0 Å². The molecule has 0 radical (unpaired) electrons. The second-order valence-electron chi connectivity index (χ2n) is 6.45. The highest BCUT2D eigenvalue weighted by atomic mass is 19.1. The summed E-state index contributed by atoms with van der Waals surface area (Å²) in [4.78, 5) is 26.7. The van der Waals surface area contributed by atoms with Gasteiger partial charge in [0, 0.05) is 24.8 Å². The molecule has 0 saturated carbocycles. The van der Waals surface area contributed by atoms with E-state index >= 15 is 0 Å². The lowest BCUT2D eigenvalue weighted by molar-refractivity contribution is -0.121. The van der Waals surface area contributed by atoms with Gasteiger partial charge in [-0.3, -0.25) is 9.59 Å². The lowest BCUT2D eigenvalue weighted by atomic mass is 10.1. The van der Waals surface area contributed by atoms with Crippen LogP contribution < -0.4 is 5.32 Å². The van der Waals surface area contributed by atoms with Crippen molar-refractivity contribution in [2.45, 2.75) is 13.8 Å². The zero-order valence-electron chi connectivity index (χ0n) is 16.4. The maximum Gasteiger partial charge on any atom is 0.258 e. The van der Waals surface area contributed by atoms with Crippen LogP contribution in [0.5, 0.6) is 0 Å². The van der Waals surface area contributed by atoms with Gasteiger partial charge in [-0.1, -0.05) is 18.2 Å². The number of rotatable bonds is 7. The van der Waals surface area contributed by atoms with Crippen molar-refractivity contribution in [3.8, 4) is 16.9 Å². The number of nitrogens with one attached hydrogen (secondary N) is 1. The Morgan fingerprint density at radius 2 is 1.76 bits per heavy atom. The smallest absolute Gasteiger partial charge is 0.258 e. The molecule has 0 aliphatic rings. The first-order valence-electron chi connectivity index (χ1n) is 9.50. The van der Waals surface area contributed by atoms with E-state index in [4.69, 9.17) is 0 Å². The van der Waals surface area contributed by atoms with Gasteiger partial charge in [0.2, 0.25) is 5.91 Å². The predicted molar refractivity (Wildman–Crippen MR) is 109 cm³/mol. The Kier molecular flexibility index (Phi) is 6.39. The monoisotopic (exact) mass is 394 g/mol. The van der Waals surface area contributed by atoms with Gasteiger partial charge in [0.15, 0.2) is 0 Å². The van der Waals surface area contributed by atoms with Gasteiger partial charge >= 0.3 is 0 Å². The molecule has 2 aromatic carbocycles. The summed E-state index contributed by atoms with van der Waals surface area (Å²) in [5, 5.41) is 7.28. The first-order chi connectivity index (χ1) is 14.0. The van der Waals surface area contributed by atoms with E-state index in [2.05, 4.69) is 10.4 Å². The number of carbonyl (C=O) groups is 2. The molecule has 1 aromatic heterocycles. The molecular weight excluding hydrogens is 371 g/mol. The first-order valence-corrected chi connectivity index (χ1v) is 9.50. The average molecular weight is 394 g/mol. The molecule has 3 aromatic rings. The van der Waals surface area contributed by atoms with Gasteiger partial charge in [-0.05, 0) is 50.2 Å². The Bertz CT molecular complexity index is 984. The van der Waals surface area contributed by atoms with Gasteiger partial charge in [-0.15, -0.1) is 0 Å². The molecule has 1 N–H and O–H groups in total. The van der Waals surface area contributed by atoms with Crippen molar-refractivity contribution < 1.29 is 14.0 Å². The molecule has 2 amide bonds. The minimum absolute atomic E-state index is 0.0391. The summed E-state index contributed by atoms with van der Waals surface area (Å²) in [5.41, 5.74) is 2.21. The minimum Gasteiger partial charge on any atom is -0.355 e. The zero-order valence-corrected chi connectivity index (χ0v) is 16.4. The van der Waals surface area contributed by atoms with Crippen LogP contribution in [0.3, 0.4) is 0 Å². The summed E-state index contributed by atoms with van der Waals surface area (Å²) < 4.78 is 15.0. The van der Waals surface area contributed by atoms with Gasteiger partial charge in [0.05, 0.1) is 17.8 Å². The van der Waals surface area contributed by atoms with E-state index in [1.54, 1.807) is 23.0 Å². The topological polar surface area (TPSA) is 67.2 Å². The molecule has 0 aliphatic heterocycles. The Labute approximate surface area is 169 Å². The van der Waals surface area contributed by atoms with E-state index in [0.717, 1.165) is 5.69 Å². The van der Waals surface area contributed by atoms with Crippen LogP contribution in [0.25, 0.3) is 16.9 Å². The SMILES string of the molecule is CCNC(=O)CN(CC)C(=O)c1cn(-c2ccccc2)nc1-c1ccc(F)cc1. The third-order valence-corrected chi connectivity index (χ3v) is 4.46. The maximum absolute atomic E-state index is 13.4. The molecule has 1 heterocycles. The van der Waals surface area contributed by atoms with Crippen LogP contribution >= 0.6 is 0 Å². The average Bonchev–Trinajstić information content (AvgIpc) is 3.18. The summed E-state index contributed by atoms with van der Waals surface area (Å²) >= 11 is 0. The second kappa shape index (κ2) is 9.14. The van der Waals surface area contributed by atoms with E-state index in [1.165, 1.54) is 17.0 Å². The summed E-state index contributed by atoms with van der Waals surface area (Å²) in [5.74, 6) is -0.891. The van der Waals surface area contributed by atoms with Crippen molar-refractivity contribution >= 4 is 11.8 Å². The van der Waals surface area contributed by atoms with E-state index in [1.807, 2.05) is 44.2 Å². The van der Waals surface area contributed by atoms with Crippen LogP contribution in [0.15, 0.2) is 60.8 Å². The summed E-state index contributed by atoms with van der Waals surface area (Å²) in [7, 11) is 0. The van der Waals surface area contributed by atoms with Crippen molar-refractivity contribution in [2.75, 3.05) is 19.6 Å². The standard InChI is InChI=1S/C22H23FN4O2/c1-3-24-20(28)15-26(4-2)22(29)19-14-27(18-8-6-5-7-9-18)25-21(19)16-10-12-17(23)13-11-16/h5-14H,3-4,15H2,1-2H3,(H,24,28). The molecule has 0 fully saturated rings. The zero-order chi connectivity index (χ0) is 20.8. The highest BCUT2D eigenvalue weighted by Gasteiger charge is 2.24. The van der Waals surface area contributed by atoms with E-state index < -0.39 is 0 Å². The van der Waals surface area contributed by atoms with Crippen LogP contribution in [0, 0.1) is 5.82 Å². The van der Waals surface area contributed by atoms with Crippen LogP contribution in [0.4, 0.5) is 4.39 Å². The van der Waals surface area contributed by atoms with E-state index in [-0.39, 0.29) is 24.2 Å². The fourth-order valence-corrected chi connectivity index (χ4v) is 2.99.